The number of carbonyl (C=O) groups is 1. The minimum absolute atomic E-state index is 0.0156. The molecule has 0 bridgehead atoms. The second kappa shape index (κ2) is 9.58. The van der Waals surface area contributed by atoms with Crippen LogP contribution in [0.5, 0.6) is 5.75 Å². The summed E-state index contributed by atoms with van der Waals surface area (Å²) in [6.07, 6.45) is -0.141. The lowest BCUT2D eigenvalue weighted by Crippen LogP contribution is -2.55. The van der Waals surface area contributed by atoms with Crippen LogP contribution in [0.3, 0.4) is 0 Å². The van der Waals surface area contributed by atoms with Gasteiger partial charge >= 0.3 is 12.1 Å². The molecule has 0 aromatic heterocycles. The topological polar surface area (TPSA) is 83.9 Å². The van der Waals surface area contributed by atoms with Crippen molar-refractivity contribution in [3.63, 3.8) is 0 Å². The van der Waals surface area contributed by atoms with E-state index in [2.05, 4.69) is 0 Å². The number of rotatable bonds is 6. The first kappa shape index (κ1) is 24.5. The Balaban J connectivity index is 1.52. The zero-order valence-corrected chi connectivity index (χ0v) is 19.2. The van der Waals surface area contributed by atoms with Crippen molar-refractivity contribution in [3.05, 3.63) is 48.5 Å². The van der Waals surface area contributed by atoms with Crippen LogP contribution < -0.4 is 4.74 Å². The van der Waals surface area contributed by atoms with Crippen LogP contribution in [0.2, 0.25) is 0 Å². The highest BCUT2D eigenvalue weighted by Crippen LogP contribution is 2.42. The SMILES string of the molecule is O=C(O)C1C2CCCCC2CCN1S(=O)(=O)c1ccc(-c2ccc(OCC(F)(F)F)cc2)cc1. The molecule has 0 amide bonds. The van der Waals surface area contributed by atoms with Crippen LogP contribution in [0.1, 0.15) is 32.1 Å². The molecule has 0 spiro atoms. The van der Waals surface area contributed by atoms with E-state index in [0.717, 1.165) is 30.0 Å². The summed E-state index contributed by atoms with van der Waals surface area (Å²) < 4.78 is 69.5. The van der Waals surface area contributed by atoms with E-state index < -0.39 is 34.8 Å². The number of halogens is 3. The summed E-state index contributed by atoms with van der Waals surface area (Å²) >= 11 is 0. The number of alkyl halides is 3. The standard InChI is InChI=1S/C24H26F3NO5S/c25-24(26,27)15-33-19-9-5-16(6-10-19)17-7-11-20(12-8-17)34(31,32)28-14-13-18-3-1-2-4-21(18)22(28)23(29)30/h5-12,18,21-22H,1-4,13-15H2,(H,29,30). The number of carboxylic acids is 1. The summed E-state index contributed by atoms with van der Waals surface area (Å²) in [5.74, 6) is -0.963. The number of aliphatic carboxylic acids is 1. The van der Waals surface area contributed by atoms with Gasteiger partial charge in [-0.3, -0.25) is 4.79 Å². The molecule has 4 rings (SSSR count). The second-order valence-corrected chi connectivity index (χ2v) is 10.7. The minimum Gasteiger partial charge on any atom is -0.484 e. The Labute approximate surface area is 196 Å². The second-order valence-electron chi connectivity index (χ2n) is 8.85. The van der Waals surface area contributed by atoms with Gasteiger partial charge in [0.15, 0.2) is 6.61 Å². The first-order chi connectivity index (χ1) is 16.1. The van der Waals surface area contributed by atoms with Gasteiger partial charge in [-0.15, -0.1) is 0 Å². The first-order valence-corrected chi connectivity index (χ1v) is 12.6. The highest BCUT2D eigenvalue weighted by Gasteiger charge is 2.47. The molecule has 184 valence electrons. The van der Waals surface area contributed by atoms with Crippen LogP contribution in [0.15, 0.2) is 53.4 Å². The fourth-order valence-corrected chi connectivity index (χ4v) is 6.74. The Morgan fingerprint density at radius 3 is 2.15 bits per heavy atom. The third-order valence-electron chi connectivity index (χ3n) is 6.71. The molecule has 2 aromatic carbocycles. The van der Waals surface area contributed by atoms with Crippen molar-refractivity contribution >= 4 is 16.0 Å². The molecule has 2 fully saturated rings. The third kappa shape index (κ3) is 5.22. The van der Waals surface area contributed by atoms with Crippen molar-refractivity contribution in [1.29, 1.82) is 0 Å². The molecule has 2 aliphatic rings. The average molecular weight is 498 g/mol. The van der Waals surface area contributed by atoms with Crippen LogP contribution in [-0.2, 0) is 14.8 Å². The molecule has 2 aromatic rings. The van der Waals surface area contributed by atoms with E-state index in [1.54, 1.807) is 24.3 Å². The quantitative estimate of drug-likeness (QED) is 0.611. The van der Waals surface area contributed by atoms with Crippen molar-refractivity contribution in [2.24, 2.45) is 11.8 Å². The Hall–Kier alpha value is -2.59. The summed E-state index contributed by atoms with van der Waals surface area (Å²) in [5, 5.41) is 9.88. The zero-order valence-electron chi connectivity index (χ0n) is 18.4. The van der Waals surface area contributed by atoms with E-state index in [-0.39, 0.29) is 29.0 Å². The Morgan fingerprint density at radius 1 is 0.971 bits per heavy atom. The molecule has 6 nitrogen and oxygen atoms in total. The van der Waals surface area contributed by atoms with Gasteiger partial charge in [-0.2, -0.15) is 17.5 Å². The van der Waals surface area contributed by atoms with E-state index in [9.17, 15) is 31.5 Å². The van der Waals surface area contributed by atoms with Crippen LogP contribution >= 0.6 is 0 Å². The van der Waals surface area contributed by atoms with Crippen molar-refractivity contribution in [1.82, 2.24) is 4.31 Å². The lowest BCUT2D eigenvalue weighted by molar-refractivity contribution is -0.153. The molecule has 1 saturated heterocycles. The predicted molar refractivity (Wildman–Crippen MR) is 119 cm³/mol. The van der Waals surface area contributed by atoms with E-state index in [1.807, 2.05) is 0 Å². The maximum Gasteiger partial charge on any atom is 0.422 e. The van der Waals surface area contributed by atoms with Gasteiger partial charge < -0.3 is 9.84 Å². The van der Waals surface area contributed by atoms with Gasteiger partial charge in [-0.25, -0.2) is 8.42 Å². The van der Waals surface area contributed by atoms with Gasteiger partial charge in [0.25, 0.3) is 0 Å². The summed E-state index contributed by atoms with van der Waals surface area (Å²) in [6.45, 7) is -1.20. The van der Waals surface area contributed by atoms with Gasteiger partial charge in [0.2, 0.25) is 10.0 Å². The summed E-state index contributed by atoms with van der Waals surface area (Å²) in [5.41, 5.74) is 1.34. The predicted octanol–water partition coefficient (Wildman–Crippen LogP) is 4.95. The number of ether oxygens (including phenoxy) is 1. The Kier molecular flexibility index (Phi) is 6.91. The normalized spacial score (nSPS) is 23.8. The van der Waals surface area contributed by atoms with Crippen molar-refractivity contribution in [3.8, 4) is 16.9 Å². The first-order valence-electron chi connectivity index (χ1n) is 11.2. The highest BCUT2D eigenvalue weighted by atomic mass is 32.2. The van der Waals surface area contributed by atoms with Gasteiger partial charge in [0, 0.05) is 6.54 Å². The molecular weight excluding hydrogens is 471 g/mol. The number of carboxylic acid groups (broad SMARTS) is 1. The third-order valence-corrected chi connectivity index (χ3v) is 8.60. The maximum absolute atomic E-state index is 13.4. The molecule has 1 heterocycles. The van der Waals surface area contributed by atoms with E-state index >= 15 is 0 Å². The lowest BCUT2D eigenvalue weighted by Gasteiger charge is -2.44. The molecule has 1 N–H and O–H groups in total. The Morgan fingerprint density at radius 2 is 1.56 bits per heavy atom. The van der Waals surface area contributed by atoms with Gasteiger partial charge in [-0.1, -0.05) is 43.5 Å². The van der Waals surface area contributed by atoms with Crippen molar-refractivity contribution in [2.45, 2.75) is 49.2 Å². The molecule has 1 saturated carbocycles. The number of sulfonamides is 1. The number of fused-ring (bicyclic) bond motifs is 1. The molecular formula is C24H26F3NO5S. The molecule has 1 aliphatic heterocycles. The van der Waals surface area contributed by atoms with Crippen molar-refractivity contribution < 1.29 is 36.2 Å². The van der Waals surface area contributed by atoms with Gasteiger partial charge in [0.05, 0.1) is 4.90 Å². The van der Waals surface area contributed by atoms with Gasteiger partial charge in [-0.05, 0) is 60.1 Å². The lowest BCUT2D eigenvalue weighted by atomic mass is 9.71. The van der Waals surface area contributed by atoms with Crippen molar-refractivity contribution in [2.75, 3.05) is 13.2 Å². The average Bonchev–Trinajstić information content (AvgIpc) is 2.82. The molecule has 1 aliphatic carbocycles. The van der Waals surface area contributed by atoms with Gasteiger partial charge in [0.1, 0.15) is 11.8 Å². The van der Waals surface area contributed by atoms with Crippen LogP contribution in [0.4, 0.5) is 13.2 Å². The molecule has 34 heavy (non-hydrogen) atoms. The number of nitrogens with zero attached hydrogens (tertiary/aromatic N) is 1. The number of piperidine rings is 1. The zero-order chi connectivity index (χ0) is 24.5. The summed E-state index contributed by atoms with van der Waals surface area (Å²) in [7, 11) is -4.01. The smallest absolute Gasteiger partial charge is 0.422 e. The Bertz CT molecular complexity index is 1120. The minimum atomic E-state index is -4.42. The van der Waals surface area contributed by atoms with Crippen LogP contribution in [0.25, 0.3) is 11.1 Å². The number of hydrogen-bond donors (Lipinski definition) is 1. The molecule has 0 radical (unpaired) electrons. The number of benzene rings is 2. The fourth-order valence-electron chi connectivity index (χ4n) is 5.10. The summed E-state index contributed by atoms with van der Waals surface area (Å²) in [4.78, 5) is 12.1. The van der Waals surface area contributed by atoms with E-state index in [4.69, 9.17) is 4.74 Å². The monoisotopic (exact) mass is 497 g/mol. The number of hydrogen-bond acceptors (Lipinski definition) is 4. The maximum atomic E-state index is 13.4. The van der Waals surface area contributed by atoms with Crippen LogP contribution in [0, 0.1) is 11.8 Å². The van der Waals surface area contributed by atoms with E-state index in [0.29, 0.717) is 17.5 Å². The molecule has 3 atom stereocenters. The van der Waals surface area contributed by atoms with Crippen LogP contribution in [-0.4, -0.2) is 49.2 Å². The molecule has 3 unspecified atom stereocenters. The highest BCUT2D eigenvalue weighted by molar-refractivity contribution is 7.89. The fraction of sp³-hybridized carbons (Fsp3) is 0.458. The molecule has 10 heteroatoms. The summed E-state index contributed by atoms with van der Waals surface area (Å²) in [6, 6.07) is 11.0. The van der Waals surface area contributed by atoms with E-state index in [1.165, 1.54) is 24.3 Å². The largest absolute Gasteiger partial charge is 0.484 e.